The number of carbonyl (C=O) groups is 9. The van der Waals surface area contributed by atoms with Gasteiger partial charge in [-0.25, -0.2) is 0 Å². The maximum absolute atomic E-state index is 13.4. The summed E-state index contributed by atoms with van der Waals surface area (Å²) in [4.78, 5) is 109. The van der Waals surface area contributed by atoms with Gasteiger partial charge >= 0.3 is 17.9 Å². The SMILES string of the molecule is O=C(O)CCOCCNC(=O)CCOCC(COCCC(=O)NCCOCCC(=O)O)(COCCC(=O)NCCOCCC(=O)O)NC(=O)CCOCCN1C(=O)c2ccccc2C1=O. The third-order valence-corrected chi connectivity index (χ3v) is 8.86. The minimum absolute atomic E-state index is 0.0140. The van der Waals surface area contributed by atoms with Gasteiger partial charge in [0.05, 0.1) is 129 Å². The first-order chi connectivity index (χ1) is 31.2. The third-order valence-electron chi connectivity index (χ3n) is 8.86. The van der Waals surface area contributed by atoms with Crippen molar-refractivity contribution < 1.29 is 91.6 Å². The van der Waals surface area contributed by atoms with Crippen LogP contribution in [0.2, 0.25) is 0 Å². The van der Waals surface area contributed by atoms with Crippen LogP contribution in [0.1, 0.15) is 65.7 Å². The molecule has 0 saturated heterocycles. The molecule has 0 aliphatic carbocycles. The minimum Gasteiger partial charge on any atom is -0.481 e. The van der Waals surface area contributed by atoms with Gasteiger partial charge in [-0.2, -0.15) is 0 Å². The fraction of sp³-hybridized carbons (Fsp3) is 0.634. The van der Waals surface area contributed by atoms with Crippen molar-refractivity contribution in [3.05, 3.63) is 35.4 Å². The summed E-state index contributed by atoms with van der Waals surface area (Å²) in [6, 6.07) is 6.43. The molecule has 24 heteroatoms. The minimum atomic E-state index is -1.45. The first-order valence-electron chi connectivity index (χ1n) is 21.0. The molecule has 0 spiro atoms. The van der Waals surface area contributed by atoms with Crippen LogP contribution in [0.4, 0.5) is 0 Å². The van der Waals surface area contributed by atoms with Crippen LogP contribution in [0.25, 0.3) is 0 Å². The highest BCUT2D eigenvalue weighted by molar-refractivity contribution is 6.21. The van der Waals surface area contributed by atoms with Crippen LogP contribution < -0.4 is 21.3 Å². The summed E-state index contributed by atoms with van der Waals surface area (Å²) in [6.45, 7) is -0.819. The average molecular weight is 928 g/mol. The van der Waals surface area contributed by atoms with E-state index >= 15 is 0 Å². The normalized spacial score (nSPS) is 12.2. The van der Waals surface area contributed by atoms with Gasteiger partial charge in [-0.3, -0.25) is 48.1 Å². The zero-order valence-electron chi connectivity index (χ0n) is 36.3. The number of nitrogens with zero attached hydrogens (tertiary/aromatic N) is 1. The van der Waals surface area contributed by atoms with Crippen LogP contribution in [0.15, 0.2) is 24.3 Å². The van der Waals surface area contributed by atoms with Gasteiger partial charge in [0.1, 0.15) is 5.54 Å². The molecular weight excluding hydrogens is 866 g/mol. The van der Waals surface area contributed by atoms with E-state index in [0.29, 0.717) is 11.1 Å². The molecule has 1 aromatic rings. The van der Waals surface area contributed by atoms with E-state index < -0.39 is 58.9 Å². The highest BCUT2D eigenvalue weighted by Gasteiger charge is 2.36. The van der Waals surface area contributed by atoms with E-state index in [-0.39, 0.29) is 164 Å². The number of carboxylic acid groups (broad SMARTS) is 3. The number of amides is 6. The molecule has 6 amide bonds. The standard InChI is InChI=1S/C41H61N5O19/c47-32(42-12-23-59-20-9-36(51)52)5-17-63-27-41(28-64-18-6-33(48)43-13-24-60-21-10-37(53)54,29-65-19-7-34(49)44-14-25-61-22-11-38(55)56)45-35(50)8-16-62-26-15-46-39(57)30-3-1-2-4-31(30)40(46)58/h1-4H,5-29H2,(H,42,47)(H,43,48)(H,44,49)(H,45,50)(H,51,52)(H,53,54)(H,55,56). The number of fused-ring (bicyclic) bond motifs is 1. The molecule has 0 atom stereocenters. The van der Waals surface area contributed by atoms with E-state index in [9.17, 15) is 43.2 Å². The molecule has 2 rings (SSSR count). The Morgan fingerprint density at radius 2 is 0.769 bits per heavy atom. The number of rotatable bonds is 40. The van der Waals surface area contributed by atoms with Crippen LogP contribution in [0, 0.1) is 0 Å². The molecule has 0 fully saturated rings. The predicted octanol–water partition coefficient (Wildman–Crippen LogP) is -1.41. The van der Waals surface area contributed by atoms with Crippen LogP contribution in [-0.4, -0.2) is 198 Å². The fourth-order valence-electron chi connectivity index (χ4n) is 5.59. The quantitative estimate of drug-likeness (QED) is 0.0294. The van der Waals surface area contributed by atoms with Crippen LogP contribution in [-0.2, 0) is 66.7 Å². The summed E-state index contributed by atoms with van der Waals surface area (Å²) < 4.78 is 38.6. The molecular formula is C41H61N5O19. The van der Waals surface area contributed by atoms with Crippen LogP contribution >= 0.6 is 0 Å². The maximum atomic E-state index is 13.4. The largest absolute Gasteiger partial charge is 0.481 e. The highest BCUT2D eigenvalue weighted by atomic mass is 16.5. The Morgan fingerprint density at radius 1 is 0.446 bits per heavy atom. The van der Waals surface area contributed by atoms with Gasteiger partial charge < -0.3 is 69.7 Å². The van der Waals surface area contributed by atoms with Crippen molar-refractivity contribution in [2.45, 2.75) is 50.5 Å². The van der Waals surface area contributed by atoms with E-state index in [4.69, 9.17) is 48.5 Å². The number of aliphatic carboxylic acids is 3. The zero-order chi connectivity index (χ0) is 47.7. The molecule has 0 saturated carbocycles. The zero-order valence-corrected chi connectivity index (χ0v) is 36.3. The van der Waals surface area contributed by atoms with Crippen molar-refractivity contribution in [2.75, 3.05) is 119 Å². The molecule has 1 aliphatic rings. The van der Waals surface area contributed by atoms with E-state index in [1.54, 1.807) is 24.3 Å². The molecule has 364 valence electrons. The van der Waals surface area contributed by atoms with Gasteiger partial charge in [0.2, 0.25) is 23.6 Å². The lowest BCUT2D eigenvalue weighted by Crippen LogP contribution is -2.59. The topological polar surface area (TPSA) is 330 Å². The maximum Gasteiger partial charge on any atom is 0.305 e. The van der Waals surface area contributed by atoms with Crippen LogP contribution in [0.3, 0.4) is 0 Å². The lowest BCUT2D eigenvalue weighted by molar-refractivity contribution is -0.139. The summed E-state index contributed by atoms with van der Waals surface area (Å²) in [5.41, 5.74) is -0.866. The molecule has 0 aromatic heterocycles. The van der Waals surface area contributed by atoms with Crippen molar-refractivity contribution in [1.82, 2.24) is 26.2 Å². The van der Waals surface area contributed by atoms with Crippen molar-refractivity contribution in [3.63, 3.8) is 0 Å². The first-order valence-corrected chi connectivity index (χ1v) is 21.0. The van der Waals surface area contributed by atoms with Crippen molar-refractivity contribution in [2.24, 2.45) is 0 Å². The monoisotopic (exact) mass is 927 g/mol. The number of hydrogen-bond acceptors (Lipinski definition) is 16. The molecule has 7 N–H and O–H groups in total. The number of ether oxygens (including phenoxy) is 7. The summed E-state index contributed by atoms with van der Waals surface area (Å²) in [7, 11) is 0. The van der Waals surface area contributed by atoms with E-state index in [1.165, 1.54) is 0 Å². The number of carboxylic acids is 3. The van der Waals surface area contributed by atoms with Gasteiger partial charge in [0, 0.05) is 45.3 Å². The Labute approximate surface area is 375 Å². The van der Waals surface area contributed by atoms with E-state index in [0.717, 1.165) is 4.90 Å². The van der Waals surface area contributed by atoms with Crippen molar-refractivity contribution in [3.8, 4) is 0 Å². The van der Waals surface area contributed by atoms with Gasteiger partial charge in [-0.1, -0.05) is 12.1 Å². The van der Waals surface area contributed by atoms with Gasteiger partial charge in [0.15, 0.2) is 0 Å². The number of hydrogen-bond donors (Lipinski definition) is 7. The second-order valence-electron chi connectivity index (χ2n) is 14.2. The number of imide groups is 1. The Balaban J connectivity index is 2.03. The lowest BCUT2D eigenvalue weighted by Gasteiger charge is -2.34. The molecule has 1 heterocycles. The second-order valence-corrected chi connectivity index (χ2v) is 14.2. The Kier molecular flexibility index (Phi) is 28.1. The summed E-state index contributed by atoms with van der Waals surface area (Å²) in [5, 5.41) is 36.8. The van der Waals surface area contributed by atoms with Gasteiger partial charge in [-0.05, 0) is 12.1 Å². The molecule has 1 aromatic carbocycles. The second kappa shape index (κ2) is 32.9. The molecule has 65 heavy (non-hydrogen) atoms. The summed E-state index contributed by atoms with van der Waals surface area (Å²) in [6.07, 6.45) is -1.07. The lowest BCUT2D eigenvalue weighted by atomic mass is 10.0. The van der Waals surface area contributed by atoms with Crippen LogP contribution in [0.5, 0.6) is 0 Å². The Morgan fingerprint density at radius 3 is 1.14 bits per heavy atom. The third kappa shape index (κ3) is 25.4. The Hall–Kier alpha value is -5.63. The molecule has 24 nitrogen and oxygen atoms in total. The highest BCUT2D eigenvalue weighted by Crippen LogP contribution is 2.22. The number of carbonyl (C=O) groups excluding carboxylic acids is 6. The predicted molar refractivity (Wildman–Crippen MR) is 223 cm³/mol. The fourth-order valence-corrected chi connectivity index (χ4v) is 5.59. The molecule has 0 unspecified atom stereocenters. The Bertz CT molecular complexity index is 1550. The number of benzene rings is 1. The first kappa shape index (κ1) is 55.5. The van der Waals surface area contributed by atoms with Gasteiger partial charge in [-0.15, -0.1) is 0 Å². The molecule has 0 radical (unpaired) electrons. The summed E-state index contributed by atoms with van der Waals surface area (Å²) in [5.74, 6) is -5.69. The van der Waals surface area contributed by atoms with Crippen molar-refractivity contribution in [1.29, 1.82) is 0 Å². The molecule has 0 bridgehead atoms. The van der Waals surface area contributed by atoms with E-state index in [1.807, 2.05) is 0 Å². The van der Waals surface area contributed by atoms with Gasteiger partial charge in [0.25, 0.3) is 11.8 Å². The smallest absolute Gasteiger partial charge is 0.305 e. The number of nitrogens with one attached hydrogen (secondary N) is 4. The van der Waals surface area contributed by atoms with Crippen molar-refractivity contribution >= 4 is 53.4 Å². The summed E-state index contributed by atoms with van der Waals surface area (Å²) >= 11 is 0. The van der Waals surface area contributed by atoms with E-state index in [2.05, 4.69) is 21.3 Å². The average Bonchev–Trinajstić information content (AvgIpc) is 3.50. The molecule has 1 aliphatic heterocycles.